The van der Waals surface area contributed by atoms with Crippen molar-refractivity contribution in [3.8, 4) is 0 Å². The van der Waals surface area contributed by atoms with Gasteiger partial charge in [-0.25, -0.2) is 0 Å². The molecule has 0 aromatic heterocycles. The molecular weight excluding hydrogens is 140 g/mol. The maximum absolute atomic E-state index is 5.64. The van der Waals surface area contributed by atoms with E-state index in [-0.39, 0.29) is 18.0 Å². The number of rotatable bonds is 2. The second kappa shape index (κ2) is 3.11. The summed E-state index contributed by atoms with van der Waals surface area (Å²) in [6.45, 7) is 8.29. The zero-order valence-electron chi connectivity index (χ0n) is 7.89. The Morgan fingerprint density at radius 1 is 1.45 bits per heavy atom. The van der Waals surface area contributed by atoms with Crippen LogP contribution < -0.4 is 0 Å². The van der Waals surface area contributed by atoms with E-state index >= 15 is 0 Å². The van der Waals surface area contributed by atoms with Crippen molar-refractivity contribution in [1.82, 2.24) is 0 Å². The fourth-order valence-electron chi connectivity index (χ4n) is 1.34. The summed E-state index contributed by atoms with van der Waals surface area (Å²) in [6, 6.07) is 0. The van der Waals surface area contributed by atoms with Gasteiger partial charge in [0, 0.05) is 6.42 Å². The Morgan fingerprint density at radius 3 is 2.45 bits per heavy atom. The molecular formula is C9H18O2. The smallest absolute Gasteiger partial charge is 0.158 e. The van der Waals surface area contributed by atoms with Crippen LogP contribution in [0.2, 0.25) is 0 Å². The molecule has 1 saturated heterocycles. The number of hydrogen-bond donors (Lipinski definition) is 0. The molecule has 11 heavy (non-hydrogen) atoms. The van der Waals surface area contributed by atoms with Gasteiger partial charge < -0.3 is 9.47 Å². The van der Waals surface area contributed by atoms with Crippen LogP contribution in [0.3, 0.4) is 0 Å². The lowest BCUT2D eigenvalue weighted by Gasteiger charge is -2.20. The maximum atomic E-state index is 5.64. The van der Waals surface area contributed by atoms with Gasteiger partial charge in [0.05, 0.1) is 11.7 Å². The van der Waals surface area contributed by atoms with Crippen LogP contribution in [0.25, 0.3) is 0 Å². The van der Waals surface area contributed by atoms with E-state index in [1.807, 2.05) is 13.8 Å². The fraction of sp³-hybridized carbons (Fsp3) is 1.00. The second-order valence-corrected chi connectivity index (χ2v) is 4.03. The number of ether oxygens (including phenoxy) is 2. The maximum Gasteiger partial charge on any atom is 0.158 e. The van der Waals surface area contributed by atoms with Gasteiger partial charge >= 0.3 is 0 Å². The Kier molecular flexibility index (Phi) is 2.55. The Labute approximate surface area is 68.9 Å². The summed E-state index contributed by atoms with van der Waals surface area (Å²) in [7, 11) is 0. The zero-order chi connectivity index (χ0) is 8.48. The molecule has 0 spiro atoms. The Bertz CT molecular complexity index is 130. The Morgan fingerprint density at radius 2 is 2.09 bits per heavy atom. The summed E-state index contributed by atoms with van der Waals surface area (Å²) in [5, 5.41) is 0. The van der Waals surface area contributed by atoms with Crippen molar-refractivity contribution >= 4 is 0 Å². The van der Waals surface area contributed by atoms with Crippen LogP contribution in [0.1, 0.15) is 40.5 Å². The molecule has 2 heteroatoms. The number of hydrogen-bond acceptors (Lipinski definition) is 2. The lowest BCUT2D eigenvalue weighted by molar-refractivity contribution is -0.174. The van der Waals surface area contributed by atoms with Crippen molar-refractivity contribution in [1.29, 1.82) is 0 Å². The third-order valence-corrected chi connectivity index (χ3v) is 1.86. The van der Waals surface area contributed by atoms with E-state index in [0.717, 1.165) is 12.8 Å². The van der Waals surface area contributed by atoms with Crippen molar-refractivity contribution in [2.75, 3.05) is 0 Å². The molecule has 0 aromatic carbocycles. The van der Waals surface area contributed by atoms with E-state index in [0.29, 0.717) is 0 Å². The highest BCUT2D eigenvalue weighted by Gasteiger charge is 2.32. The van der Waals surface area contributed by atoms with E-state index < -0.39 is 0 Å². The molecule has 1 aliphatic heterocycles. The van der Waals surface area contributed by atoms with E-state index in [1.165, 1.54) is 0 Å². The topological polar surface area (TPSA) is 18.5 Å². The molecule has 0 aromatic rings. The van der Waals surface area contributed by atoms with Gasteiger partial charge in [0.15, 0.2) is 6.29 Å². The van der Waals surface area contributed by atoms with Gasteiger partial charge in [-0.1, -0.05) is 0 Å². The average molecular weight is 158 g/mol. The van der Waals surface area contributed by atoms with Crippen molar-refractivity contribution in [3.05, 3.63) is 0 Å². The van der Waals surface area contributed by atoms with Crippen LogP contribution in [-0.2, 0) is 9.47 Å². The van der Waals surface area contributed by atoms with E-state index in [2.05, 4.69) is 13.8 Å². The molecule has 0 bridgehead atoms. The lowest BCUT2D eigenvalue weighted by atomic mass is 10.1. The standard InChI is InChI=1S/C9H18O2/c1-7(2)10-8-5-6-9(3,4)11-8/h7-8H,5-6H2,1-4H3. The van der Waals surface area contributed by atoms with Crippen molar-refractivity contribution in [2.24, 2.45) is 0 Å². The molecule has 1 heterocycles. The Balaban J connectivity index is 2.31. The highest BCUT2D eigenvalue weighted by atomic mass is 16.7. The minimum absolute atomic E-state index is 0.0273. The van der Waals surface area contributed by atoms with Crippen LogP contribution in [-0.4, -0.2) is 18.0 Å². The molecule has 1 atom stereocenters. The molecule has 1 unspecified atom stereocenters. The molecule has 0 aliphatic carbocycles. The lowest BCUT2D eigenvalue weighted by Crippen LogP contribution is -2.23. The van der Waals surface area contributed by atoms with Gasteiger partial charge in [-0.05, 0) is 34.1 Å². The summed E-state index contributed by atoms with van der Waals surface area (Å²) in [4.78, 5) is 0. The molecule has 0 amide bonds. The van der Waals surface area contributed by atoms with Crippen LogP contribution in [0.15, 0.2) is 0 Å². The largest absolute Gasteiger partial charge is 0.350 e. The third kappa shape index (κ3) is 2.80. The average Bonchev–Trinajstić information content (AvgIpc) is 2.08. The summed E-state index contributed by atoms with van der Waals surface area (Å²) in [6.07, 6.45) is 2.44. The zero-order valence-corrected chi connectivity index (χ0v) is 7.89. The fourth-order valence-corrected chi connectivity index (χ4v) is 1.34. The van der Waals surface area contributed by atoms with Gasteiger partial charge in [-0.3, -0.25) is 0 Å². The van der Waals surface area contributed by atoms with E-state index in [9.17, 15) is 0 Å². The highest BCUT2D eigenvalue weighted by Crippen LogP contribution is 2.30. The van der Waals surface area contributed by atoms with Gasteiger partial charge in [-0.2, -0.15) is 0 Å². The molecule has 1 rings (SSSR count). The molecule has 66 valence electrons. The highest BCUT2D eigenvalue weighted by molar-refractivity contribution is 4.76. The molecule has 1 fully saturated rings. The van der Waals surface area contributed by atoms with Crippen LogP contribution >= 0.6 is 0 Å². The van der Waals surface area contributed by atoms with Crippen molar-refractivity contribution in [3.63, 3.8) is 0 Å². The summed E-state index contributed by atoms with van der Waals surface area (Å²) < 4.78 is 11.2. The first-order chi connectivity index (χ1) is 4.99. The summed E-state index contributed by atoms with van der Waals surface area (Å²) in [5.41, 5.74) is 0.0273. The van der Waals surface area contributed by atoms with Gasteiger partial charge in [0.2, 0.25) is 0 Å². The monoisotopic (exact) mass is 158 g/mol. The van der Waals surface area contributed by atoms with Crippen molar-refractivity contribution < 1.29 is 9.47 Å². The molecule has 0 radical (unpaired) electrons. The van der Waals surface area contributed by atoms with Crippen LogP contribution in [0.4, 0.5) is 0 Å². The first-order valence-electron chi connectivity index (χ1n) is 4.33. The minimum Gasteiger partial charge on any atom is -0.350 e. The first kappa shape index (κ1) is 9.01. The van der Waals surface area contributed by atoms with Gasteiger partial charge in [-0.15, -0.1) is 0 Å². The molecule has 1 aliphatic rings. The van der Waals surface area contributed by atoms with Crippen LogP contribution in [0, 0.1) is 0 Å². The normalized spacial score (nSPS) is 29.7. The molecule has 2 nitrogen and oxygen atoms in total. The third-order valence-electron chi connectivity index (χ3n) is 1.86. The van der Waals surface area contributed by atoms with E-state index in [1.54, 1.807) is 0 Å². The van der Waals surface area contributed by atoms with Crippen LogP contribution in [0.5, 0.6) is 0 Å². The van der Waals surface area contributed by atoms with Gasteiger partial charge in [0.1, 0.15) is 0 Å². The predicted molar refractivity (Wildman–Crippen MR) is 44.4 cm³/mol. The summed E-state index contributed by atoms with van der Waals surface area (Å²) in [5.74, 6) is 0. The molecule has 0 saturated carbocycles. The Hall–Kier alpha value is -0.0800. The molecule has 0 N–H and O–H groups in total. The SMILES string of the molecule is CC(C)OC1CCC(C)(C)O1. The predicted octanol–water partition coefficient (Wildman–Crippen LogP) is 2.33. The second-order valence-electron chi connectivity index (χ2n) is 4.03. The first-order valence-corrected chi connectivity index (χ1v) is 4.33. The van der Waals surface area contributed by atoms with Crippen molar-refractivity contribution in [2.45, 2.75) is 58.5 Å². The van der Waals surface area contributed by atoms with E-state index in [4.69, 9.17) is 9.47 Å². The summed E-state index contributed by atoms with van der Waals surface area (Å²) >= 11 is 0. The minimum atomic E-state index is 0.0273. The van der Waals surface area contributed by atoms with Gasteiger partial charge in [0.25, 0.3) is 0 Å². The quantitative estimate of drug-likeness (QED) is 0.614.